The molecule has 3 heterocycles. The molecule has 26 heavy (non-hydrogen) atoms. The van der Waals surface area contributed by atoms with Crippen molar-refractivity contribution in [3.63, 3.8) is 0 Å². The van der Waals surface area contributed by atoms with Gasteiger partial charge < -0.3 is 19.5 Å². The Kier molecular flexibility index (Phi) is 6.27. The molecule has 2 aromatic heterocycles. The zero-order valence-corrected chi connectivity index (χ0v) is 16.3. The minimum absolute atomic E-state index is 0.0812. The molecule has 1 fully saturated rings. The highest BCUT2D eigenvalue weighted by molar-refractivity contribution is 5.94. The summed E-state index contributed by atoms with van der Waals surface area (Å²) in [6.07, 6.45) is 6.64. The topological polar surface area (TPSA) is 52.9 Å². The van der Waals surface area contributed by atoms with Crippen LogP contribution < -0.4 is 5.32 Å². The molecule has 1 aliphatic rings. The van der Waals surface area contributed by atoms with E-state index in [1.165, 1.54) is 12.8 Å². The van der Waals surface area contributed by atoms with Crippen molar-refractivity contribution in [3.05, 3.63) is 35.3 Å². The van der Waals surface area contributed by atoms with Gasteiger partial charge in [-0.15, -0.1) is 0 Å². The summed E-state index contributed by atoms with van der Waals surface area (Å²) in [5.41, 5.74) is 3.58. The summed E-state index contributed by atoms with van der Waals surface area (Å²) in [6.45, 7) is 6.24. The Bertz CT molecular complexity index is 744. The van der Waals surface area contributed by atoms with E-state index in [-0.39, 0.29) is 5.91 Å². The maximum absolute atomic E-state index is 13.2. The molecule has 0 unspecified atom stereocenters. The normalized spacial score (nSPS) is 15.6. The summed E-state index contributed by atoms with van der Waals surface area (Å²) in [5.74, 6) is 0.0812. The standard InChI is InChI=1S/C20H31N5O/c1-16-8-12-25-17(15-21-9-13-23(2)3)19(22-18(25)14-16)20(26)24-10-6-4-5-7-11-24/h8,12,14,21H,4-7,9-11,13,15H2,1-3H3. The molecule has 6 nitrogen and oxygen atoms in total. The van der Waals surface area contributed by atoms with Crippen LogP contribution in [-0.2, 0) is 6.54 Å². The van der Waals surface area contributed by atoms with Gasteiger partial charge in [0.2, 0.25) is 0 Å². The summed E-state index contributed by atoms with van der Waals surface area (Å²) < 4.78 is 2.06. The average molecular weight is 358 g/mol. The van der Waals surface area contributed by atoms with E-state index in [1.54, 1.807) is 0 Å². The number of pyridine rings is 1. The highest BCUT2D eigenvalue weighted by atomic mass is 16.2. The van der Waals surface area contributed by atoms with E-state index in [0.29, 0.717) is 12.2 Å². The van der Waals surface area contributed by atoms with Crippen LogP contribution in [0.1, 0.15) is 47.4 Å². The van der Waals surface area contributed by atoms with Crippen molar-refractivity contribution in [2.75, 3.05) is 40.3 Å². The Morgan fingerprint density at radius 3 is 2.65 bits per heavy atom. The van der Waals surface area contributed by atoms with E-state index in [0.717, 1.165) is 55.9 Å². The van der Waals surface area contributed by atoms with Crippen molar-refractivity contribution in [3.8, 4) is 0 Å². The number of nitrogens with zero attached hydrogens (tertiary/aromatic N) is 4. The van der Waals surface area contributed by atoms with E-state index < -0.39 is 0 Å². The van der Waals surface area contributed by atoms with Gasteiger partial charge in [0.1, 0.15) is 5.65 Å². The molecule has 2 aromatic rings. The van der Waals surface area contributed by atoms with Crippen molar-refractivity contribution in [2.24, 2.45) is 0 Å². The molecule has 142 valence electrons. The van der Waals surface area contributed by atoms with Crippen LogP contribution in [0.4, 0.5) is 0 Å². The zero-order valence-electron chi connectivity index (χ0n) is 16.3. The molecular formula is C20H31N5O. The molecular weight excluding hydrogens is 326 g/mol. The second kappa shape index (κ2) is 8.64. The molecule has 1 amide bonds. The summed E-state index contributed by atoms with van der Waals surface area (Å²) >= 11 is 0. The molecule has 0 aromatic carbocycles. The van der Waals surface area contributed by atoms with Crippen LogP contribution in [0.5, 0.6) is 0 Å². The van der Waals surface area contributed by atoms with Crippen LogP contribution >= 0.6 is 0 Å². The number of likely N-dealkylation sites (tertiary alicyclic amines) is 1. The molecule has 0 aliphatic carbocycles. The maximum Gasteiger partial charge on any atom is 0.274 e. The van der Waals surface area contributed by atoms with E-state index in [4.69, 9.17) is 4.98 Å². The number of carbonyl (C=O) groups excluding carboxylic acids is 1. The molecule has 6 heteroatoms. The van der Waals surface area contributed by atoms with Gasteiger partial charge in [0.05, 0.1) is 5.69 Å². The zero-order chi connectivity index (χ0) is 18.5. The lowest BCUT2D eigenvalue weighted by molar-refractivity contribution is 0.0755. The molecule has 0 bridgehead atoms. The molecule has 0 atom stereocenters. The Balaban J connectivity index is 1.86. The van der Waals surface area contributed by atoms with Crippen LogP contribution in [0.3, 0.4) is 0 Å². The maximum atomic E-state index is 13.2. The quantitative estimate of drug-likeness (QED) is 0.806. The summed E-state index contributed by atoms with van der Waals surface area (Å²) in [6, 6.07) is 4.11. The minimum atomic E-state index is 0.0812. The Morgan fingerprint density at radius 2 is 1.96 bits per heavy atom. The fourth-order valence-corrected chi connectivity index (χ4v) is 3.47. The fraction of sp³-hybridized carbons (Fsp3) is 0.600. The fourth-order valence-electron chi connectivity index (χ4n) is 3.47. The number of fused-ring (bicyclic) bond motifs is 1. The predicted molar refractivity (Wildman–Crippen MR) is 105 cm³/mol. The smallest absolute Gasteiger partial charge is 0.274 e. The van der Waals surface area contributed by atoms with Gasteiger partial charge in [-0.1, -0.05) is 12.8 Å². The lowest BCUT2D eigenvalue weighted by atomic mass is 10.2. The van der Waals surface area contributed by atoms with Crippen LogP contribution in [0, 0.1) is 6.92 Å². The predicted octanol–water partition coefficient (Wildman–Crippen LogP) is 2.31. The van der Waals surface area contributed by atoms with E-state index in [2.05, 4.69) is 41.7 Å². The second-order valence-corrected chi connectivity index (χ2v) is 7.53. The highest BCUT2D eigenvalue weighted by Crippen LogP contribution is 2.18. The highest BCUT2D eigenvalue weighted by Gasteiger charge is 2.24. The first-order valence-corrected chi connectivity index (χ1v) is 9.68. The van der Waals surface area contributed by atoms with Gasteiger partial charge in [0.25, 0.3) is 5.91 Å². The largest absolute Gasteiger partial charge is 0.337 e. The van der Waals surface area contributed by atoms with Gasteiger partial charge in [-0.25, -0.2) is 4.98 Å². The molecule has 3 rings (SSSR count). The number of nitrogens with one attached hydrogen (secondary N) is 1. The van der Waals surface area contributed by atoms with Gasteiger partial charge in [-0.2, -0.15) is 0 Å². The number of carbonyl (C=O) groups is 1. The third-order valence-electron chi connectivity index (χ3n) is 5.00. The molecule has 0 spiro atoms. The number of amides is 1. The lowest BCUT2D eigenvalue weighted by Gasteiger charge is -2.20. The SMILES string of the molecule is Cc1ccn2c(CNCCN(C)C)c(C(=O)N3CCCCCC3)nc2c1. The van der Waals surface area contributed by atoms with Gasteiger partial charge in [0.15, 0.2) is 5.69 Å². The van der Waals surface area contributed by atoms with Gasteiger partial charge in [-0.05, 0) is 51.6 Å². The van der Waals surface area contributed by atoms with E-state index >= 15 is 0 Å². The molecule has 1 saturated heterocycles. The van der Waals surface area contributed by atoms with Crippen LogP contribution in [0.2, 0.25) is 0 Å². The third kappa shape index (κ3) is 4.43. The van der Waals surface area contributed by atoms with Gasteiger partial charge in [0, 0.05) is 38.9 Å². The minimum Gasteiger partial charge on any atom is -0.337 e. The van der Waals surface area contributed by atoms with Gasteiger partial charge in [-0.3, -0.25) is 4.79 Å². The summed E-state index contributed by atoms with van der Waals surface area (Å²) in [4.78, 5) is 22.0. The number of imidazole rings is 1. The summed E-state index contributed by atoms with van der Waals surface area (Å²) in [5, 5.41) is 3.46. The van der Waals surface area contributed by atoms with Crippen molar-refractivity contribution in [2.45, 2.75) is 39.2 Å². The van der Waals surface area contributed by atoms with E-state index in [9.17, 15) is 4.79 Å². The molecule has 0 saturated carbocycles. The number of hydrogen-bond donors (Lipinski definition) is 1. The van der Waals surface area contributed by atoms with Gasteiger partial charge >= 0.3 is 0 Å². The van der Waals surface area contributed by atoms with Crippen molar-refractivity contribution in [1.82, 2.24) is 24.5 Å². The third-order valence-corrected chi connectivity index (χ3v) is 5.00. The summed E-state index contributed by atoms with van der Waals surface area (Å²) in [7, 11) is 4.12. The second-order valence-electron chi connectivity index (χ2n) is 7.53. The number of rotatable bonds is 6. The Labute approximate surface area is 156 Å². The molecule has 0 radical (unpaired) electrons. The first-order chi connectivity index (χ1) is 12.6. The van der Waals surface area contributed by atoms with Crippen LogP contribution in [0.15, 0.2) is 18.3 Å². The Hall–Kier alpha value is -1.92. The Morgan fingerprint density at radius 1 is 1.23 bits per heavy atom. The van der Waals surface area contributed by atoms with Crippen LogP contribution in [-0.4, -0.2) is 65.4 Å². The van der Waals surface area contributed by atoms with Crippen LogP contribution in [0.25, 0.3) is 5.65 Å². The van der Waals surface area contributed by atoms with Crippen molar-refractivity contribution in [1.29, 1.82) is 0 Å². The number of likely N-dealkylation sites (N-methyl/N-ethyl adjacent to an activating group) is 1. The monoisotopic (exact) mass is 357 g/mol. The first kappa shape index (κ1) is 18.9. The number of aryl methyl sites for hydroxylation is 1. The van der Waals surface area contributed by atoms with E-state index in [1.807, 2.05) is 17.2 Å². The molecule has 1 aliphatic heterocycles. The first-order valence-electron chi connectivity index (χ1n) is 9.68. The number of hydrogen-bond acceptors (Lipinski definition) is 4. The number of aromatic nitrogens is 2. The average Bonchev–Trinajstić information content (AvgIpc) is 2.78. The lowest BCUT2D eigenvalue weighted by Crippen LogP contribution is -2.33. The molecule has 1 N–H and O–H groups in total. The van der Waals surface area contributed by atoms with Crippen molar-refractivity contribution < 1.29 is 4.79 Å². The van der Waals surface area contributed by atoms with Crippen molar-refractivity contribution >= 4 is 11.6 Å².